The SMILES string of the molecule is CCOC(=O)C1(C(=O)OCC)CC2(CCCCC2)C1. The van der Waals surface area contributed by atoms with E-state index in [1.807, 2.05) is 0 Å². The van der Waals surface area contributed by atoms with Crippen LogP contribution in [0.15, 0.2) is 0 Å². The Hall–Kier alpha value is -1.06. The molecule has 0 heterocycles. The van der Waals surface area contributed by atoms with Gasteiger partial charge < -0.3 is 9.47 Å². The van der Waals surface area contributed by atoms with Gasteiger partial charge in [0.15, 0.2) is 5.41 Å². The summed E-state index contributed by atoms with van der Waals surface area (Å²) in [5.41, 5.74) is -0.818. The highest BCUT2D eigenvalue weighted by molar-refractivity contribution is 6.01. The van der Waals surface area contributed by atoms with Crippen molar-refractivity contribution in [2.45, 2.75) is 58.8 Å². The van der Waals surface area contributed by atoms with E-state index >= 15 is 0 Å². The summed E-state index contributed by atoms with van der Waals surface area (Å²) >= 11 is 0. The van der Waals surface area contributed by atoms with Crippen molar-refractivity contribution in [2.75, 3.05) is 13.2 Å². The largest absolute Gasteiger partial charge is 0.465 e. The summed E-state index contributed by atoms with van der Waals surface area (Å²) in [7, 11) is 0. The molecule has 1 spiro atoms. The zero-order chi connectivity index (χ0) is 13.9. The Morgan fingerprint density at radius 2 is 1.37 bits per heavy atom. The third-order valence-electron chi connectivity index (χ3n) is 4.60. The second kappa shape index (κ2) is 5.51. The van der Waals surface area contributed by atoms with Crippen molar-refractivity contribution in [3.8, 4) is 0 Å². The molecule has 0 bridgehead atoms. The normalized spacial score (nSPS) is 23.5. The Morgan fingerprint density at radius 1 is 0.895 bits per heavy atom. The molecular formula is C15H24O4. The molecule has 108 valence electrons. The molecule has 0 amide bonds. The van der Waals surface area contributed by atoms with Crippen LogP contribution in [0, 0.1) is 10.8 Å². The fraction of sp³-hybridized carbons (Fsp3) is 0.867. The summed E-state index contributed by atoms with van der Waals surface area (Å²) < 4.78 is 10.2. The first-order valence-corrected chi connectivity index (χ1v) is 7.43. The van der Waals surface area contributed by atoms with E-state index in [9.17, 15) is 9.59 Å². The van der Waals surface area contributed by atoms with Crippen molar-refractivity contribution in [3.63, 3.8) is 0 Å². The molecular weight excluding hydrogens is 244 g/mol. The van der Waals surface area contributed by atoms with Gasteiger partial charge in [-0.3, -0.25) is 9.59 Å². The van der Waals surface area contributed by atoms with Crippen LogP contribution in [0.2, 0.25) is 0 Å². The Morgan fingerprint density at radius 3 is 1.79 bits per heavy atom. The summed E-state index contributed by atoms with van der Waals surface area (Å²) in [5.74, 6) is -0.769. The smallest absolute Gasteiger partial charge is 0.323 e. The van der Waals surface area contributed by atoms with Gasteiger partial charge in [-0.05, 0) is 44.9 Å². The van der Waals surface area contributed by atoms with Crippen molar-refractivity contribution in [1.29, 1.82) is 0 Å². The number of ether oxygens (including phenoxy) is 2. The fourth-order valence-corrected chi connectivity index (χ4v) is 3.79. The van der Waals surface area contributed by atoms with E-state index in [2.05, 4.69) is 0 Å². The molecule has 4 nitrogen and oxygen atoms in total. The van der Waals surface area contributed by atoms with Crippen LogP contribution in [0.25, 0.3) is 0 Å². The third kappa shape index (κ3) is 2.49. The van der Waals surface area contributed by atoms with Crippen LogP contribution >= 0.6 is 0 Å². The second-order valence-electron chi connectivity index (χ2n) is 5.94. The summed E-state index contributed by atoms with van der Waals surface area (Å²) in [5, 5.41) is 0. The summed E-state index contributed by atoms with van der Waals surface area (Å²) in [6, 6.07) is 0. The Labute approximate surface area is 114 Å². The van der Waals surface area contributed by atoms with Crippen molar-refractivity contribution in [3.05, 3.63) is 0 Å². The molecule has 0 radical (unpaired) electrons. The quantitative estimate of drug-likeness (QED) is 0.581. The zero-order valence-electron chi connectivity index (χ0n) is 12.0. The van der Waals surface area contributed by atoms with Gasteiger partial charge >= 0.3 is 11.9 Å². The van der Waals surface area contributed by atoms with Gasteiger partial charge in [0.2, 0.25) is 0 Å². The molecule has 0 aliphatic heterocycles. The highest BCUT2D eigenvalue weighted by Gasteiger charge is 2.64. The number of hydrogen-bond donors (Lipinski definition) is 0. The maximum atomic E-state index is 12.2. The molecule has 0 unspecified atom stereocenters. The molecule has 0 N–H and O–H groups in total. The van der Waals surface area contributed by atoms with Gasteiger partial charge in [0.05, 0.1) is 13.2 Å². The molecule has 2 saturated carbocycles. The minimum Gasteiger partial charge on any atom is -0.465 e. The van der Waals surface area contributed by atoms with Gasteiger partial charge in [-0.1, -0.05) is 19.3 Å². The topological polar surface area (TPSA) is 52.6 Å². The highest BCUT2D eigenvalue weighted by atomic mass is 16.6. The molecule has 2 aliphatic rings. The van der Waals surface area contributed by atoms with E-state index in [-0.39, 0.29) is 17.4 Å². The minimum absolute atomic E-state index is 0.192. The zero-order valence-corrected chi connectivity index (χ0v) is 12.0. The first-order valence-electron chi connectivity index (χ1n) is 7.43. The molecule has 0 aromatic heterocycles. The summed E-state index contributed by atoms with van der Waals surface area (Å²) in [4.78, 5) is 24.3. The molecule has 2 fully saturated rings. The predicted molar refractivity (Wildman–Crippen MR) is 70.5 cm³/mol. The number of carbonyl (C=O) groups is 2. The van der Waals surface area contributed by atoms with Gasteiger partial charge in [-0.15, -0.1) is 0 Å². The molecule has 0 aromatic carbocycles. The van der Waals surface area contributed by atoms with Gasteiger partial charge in [0.25, 0.3) is 0 Å². The Balaban J connectivity index is 2.10. The Kier molecular flexibility index (Phi) is 4.16. The van der Waals surface area contributed by atoms with Crippen LogP contribution in [0.4, 0.5) is 0 Å². The molecule has 2 aliphatic carbocycles. The van der Waals surface area contributed by atoms with Crippen LogP contribution in [-0.4, -0.2) is 25.2 Å². The first kappa shape index (κ1) is 14.4. The van der Waals surface area contributed by atoms with Crippen LogP contribution in [0.3, 0.4) is 0 Å². The van der Waals surface area contributed by atoms with E-state index in [1.165, 1.54) is 19.3 Å². The number of hydrogen-bond acceptors (Lipinski definition) is 4. The lowest BCUT2D eigenvalue weighted by molar-refractivity contribution is -0.193. The maximum absolute atomic E-state index is 12.2. The van der Waals surface area contributed by atoms with Crippen LogP contribution in [0.5, 0.6) is 0 Å². The number of rotatable bonds is 4. The van der Waals surface area contributed by atoms with Crippen LogP contribution in [0.1, 0.15) is 58.8 Å². The monoisotopic (exact) mass is 268 g/mol. The maximum Gasteiger partial charge on any atom is 0.323 e. The van der Waals surface area contributed by atoms with E-state index in [0.717, 1.165) is 12.8 Å². The standard InChI is InChI=1S/C15H24O4/c1-3-18-12(16)15(13(17)19-4-2)10-14(11-15)8-6-5-7-9-14/h3-11H2,1-2H3. The Bertz CT molecular complexity index is 327. The molecule has 19 heavy (non-hydrogen) atoms. The molecule has 0 aromatic rings. The lowest BCUT2D eigenvalue weighted by Crippen LogP contribution is -2.57. The second-order valence-corrected chi connectivity index (χ2v) is 5.94. The van der Waals surface area contributed by atoms with Gasteiger partial charge in [-0.2, -0.15) is 0 Å². The fourth-order valence-electron chi connectivity index (χ4n) is 3.79. The first-order chi connectivity index (χ1) is 9.08. The predicted octanol–water partition coefficient (Wildman–Crippen LogP) is 2.84. The van der Waals surface area contributed by atoms with E-state index in [1.54, 1.807) is 13.8 Å². The highest BCUT2D eigenvalue weighted by Crippen LogP contribution is 2.62. The van der Waals surface area contributed by atoms with Gasteiger partial charge in [0, 0.05) is 0 Å². The van der Waals surface area contributed by atoms with Crippen molar-refractivity contribution in [1.82, 2.24) is 0 Å². The molecule has 0 atom stereocenters. The van der Waals surface area contributed by atoms with Crippen molar-refractivity contribution < 1.29 is 19.1 Å². The average Bonchev–Trinajstić information content (AvgIpc) is 2.37. The molecule has 2 rings (SSSR count). The lowest BCUT2D eigenvalue weighted by atomic mass is 9.48. The van der Waals surface area contributed by atoms with E-state index in [0.29, 0.717) is 26.1 Å². The van der Waals surface area contributed by atoms with E-state index < -0.39 is 5.41 Å². The molecule has 4 heteroatoms. The number of carbonyl (C=O) groups excluding carboxylic acids is 2. The third-order valence-corrected chi connectivity index (χ3v) is 4.60. The minimum atomic E-state index is -1.01. The van der Waals surface area contributed by atoms with Gasteiger partial charge in [0.1, 0.15) is 0 Å². The van der Waals surface area contributed by atoms with Crippen molar-refractivity contribution >= 4 is 11.9 Å². The van der Waals surface area contributed by atoms with Crippen LogP contribution in [-0.2, 0) is 19.1 Å². The molecule has 0 saturated heterocycles. The van der Waals surface area contributed by atoms with Gasteiger partial charge in [-0.25, -0.2) is 0 Å². The van der Waals surface area contributed by atoms with E-state index in [4.69, 9.17) is 9.47 Å². The van der Waals surface area contributed by atoms with Crippen molar-refractivity contribution in [2.24, 2.45) is 10.8 Å². The average molecular weight is 268 g/mol. The lowest BCUT2D eigenvalue weighted by Gasteiger charge is -2.54. The summed E-state index contributed by atoms with van der Waals surface area (Å²) in [6.07, 6.45) is 7.20. The number of esters is 2. The van der Waals surface area contributed by atoms with Crippen LogP contribution < -0.4 is 0 Å². The summed E-state index contributed by atoms with van der Waals surface area (Å²) in [6.45, 7) is 4.16.